The Kier molecular flexibility index (Phi) is 8.57. The maximum atomic E-state index is 10.6. The van der Waals surface area contributed by atoms with Crippen LogP contribution in [0.25, 0.3) is 0 Å². The smallest absolute Gasteiger partial charge is 0.872 e. The molecule has 0 aliphatic carbocycles. The van der Waals surface area contributed by atoms with Crippen molar-refractivity contribution in [3.8, 4) is 11.5 Å². The van der Waals surface area contributed by atoms with Crippen molar-refractivity contribution in [1.29, 1.82) is 0 Å². The predicted octanol–water partition coefficient (Wildman–Crippen LogP) is -1.67. The molecular formula is C12H10ClNaO7S2. The first-order chi connectivity index (χ1) is 10.00. The molecule has 0 fully saturated rings. The summed E-state index contributed by atoms with van der Waals surface area (Å²) in [6, 6.07) is 9.24. The van der Waals surface area contributed by atoms with E-state index in [4.69, 9.17) is 20.3 Å². The molecule has 0 saturated heterocycles. The van der Waals surface area contributed by atoms with E-state index in [2.05, 4.69) is 0 Å². The second-order valence-corrected chi connectivity index (χ2v) is 7.87. The van der Waals surface area contributed by atoms with E-state index in [-0.39, 0.29) is 50.8 Å². The van der Waals surface area contributed by atoms with Crippen LogP contribution in [0.3, 0.4) is 0 Å². The Hall–Kier alpha value is -0.810. The zero-order valence-electron chi connectivity index (χ0n) is 11.7. The fourth-order valence-corrected chi connectivity index (χ4v) is 2.47. The van der Waals surface area contributed by atoms with Crippen LogP contribution < -0.4 is 34.7 Å². The molecule has 0 spiro atoms. The third-order valence-electron chi connectivity index (χ3n) is 2.24. The monoisotopic (exact) mass is 388 g/mol. The van der Waals surface area contributed by atoms with Gasteiger partial charge in [0, 0.05) is 10.7 Å². The number of halogens is 1. The molecule has 0 atom stereocenters. The van der Waals surface area contributed by atoms with Gasteiger partial charge in [0.1, 0.15) is 5.75 Å². The molecule has 2 aromatic carbocycles. The van der Waals surface area contributed by atoms with Crippen LogP contribution in [0.4, 0.5) is 0 Å². The Bertz CT molecular complexity index is 758. The minimum absolute atomic E-state index is 0. The minimum Gasteiger partial charge on any atom is -0.872 e. The molecule has 0 bridgehead atoms. The van der Waals surface area contributed by atoms with E-state index in [9.17, 15) is 21.9 Å². The van der Waals surface area contributed by atoms with Crippen LogP contribution in [0.5, 0.6) is 11.5 Å². The van der Waals surface area contributed by atoms with E-state index in [1.165, 1.54) is 24.3 Å². The third kappa shape index (κ3) is 8.02. The zero-order valence-corrected chi connectivity index (χ0v) is 16.1. The zero-order chi connectivity index (χ0) is 17.0. The Morgan fingerprint density at radius 1 is 0.826 bits per heavy atom. The fourth-order valence-electron chi connectivity index (χ4n) is 1.22. The van der Waals surface area contributed by atoms with Gasteiger partial charge in [-0.2, -0.15) is 8.42 Å². The van der Waals surface area contributed by atoms with E-state index >= 15 is 0 Å². The Balaban J connectivity index is 0.000000403. The van der Waals surface area contributed by atoms with Crippen LogP contribution in [0, 0.1) is 0 Å². The summed E-state index contributed by atoms with van der Waals surface area (Å²) in [6.07, 6.45) is 0. The van der Waals surface area contributed by atoms with Gasteiger partial charge >= 0.3 is 29.6 Å². The van der Waals surface area contributed by atoms with E-state index in [1.807, 2.05) is 0 Å². The van der Waals surface area contributed by atoms with Gasteiger partial charge in [0.25, 0.3) is 19.2 Å². The van der Waals surface area contributed by atoms with Crippen molar-refractivity contribution in [3.63, 3.8) is 0 Å². The Morgan fingerprint density at radius 2 is 1.22 bits per heavy atom. The molecule has 0 aliphatic heterocycles. The average Bonchev–Trinajstić information content (AvgIpc) is 2.38. The van der Waals surface area contributed by atoms with Crippen molar-refractivity contribution >= 4 is 29.9 Å². The van der Waals surface area contributed by atoms with Crippen LogP contribution >= 0.6 is 10.7 Å². The number of phenols is 1. The number of hydrogen-bond donors (Lipinski definition) is 2. The summed E-state index contributed by atoms with van der Waals surface area (Å²) >= 11 is 0. The summed E-state index contributed by atoms with van der Waals surface area (Å²) in [5.74, 6) is -0.286. The summed E-state index contributed by atoms with van der Waals surface area (Å²) < 4.78 is 50.5. The largest absolute Gasteiger partial charge is 1.00 e. The molecule has 11 heteroatoms. The first-order valence-electron chi connectivity index (χ1n) is 5.48. The van der Waals surface area contributed by atoms with Crippen LogP contribution in [-0.4, -0.2) is 26.5 Å². The van der Waals surface area contributed by atoms with Gasteiger partial charge in [-0.25, -0.2) is 8.42 Å². The summed E-state index contributed by atoms with van der Waals surface area (Å²) in [4.78, 5) is -0.283. The Labute approximate surface area is 160 Å². The first kappa shape index (κ1) is 22.2. The second-order valence-electron chi connectivity index (χ2n) is 3.88. The second kappa shape index (κ2) is 8.88. The molecule has 0 saturated carbocycles. The molecule has 120 valence electrons. The molecule has 0 amide bonds. The van der Waals surface area contributed by atoms with Crippen LogP contribution in [0.15, 0.2) is 58.3 Å². The van der Waals surface area contributed by atoms with Crippen molar-refractivity contribution < 1.29 is 61.2 Å². The van der Waals surface area contributed by atoms with Gasteiger partial charge in [0.15, 0.2) is 0 Å². The van der Waals surface area contributed by atoms with E-state index in [0.29, 0.717) is 0 Å². The minimum atomic E-state index is -4.16. The molecule has 0 radical (unpaired) electrons. The molecule has 0 aromatic heterocycles. The third-order valence-corrected chi connectivity index (χ3v) is 4.48. The first-order valence-corrected chi connectivity index (χ1v) is 9.23. The van der Waals surface area contributed by atoms with Crippen molar-refractivity contribution in [3.05, 3.63) is 48.5 Å². The predicted molar refractivity (Wildman–Crippen MR) is 76.8 cm³/mol. The summed E-state index contributed by atoms with van der Waals surface area (Å²) in [5, 5.41) is 19.3. The van der Waals surface area contributed by atoms with Gasteiger partial charge in [-0.15, -0.1) is 5.75 Å². The standard InChI is InChI=1S/C6H5ClO3S.C6H6O4S.Na/c7-11(9,10)6-3-1-5(8)2-4-6;7-5-1-3-6(4-2-5)11(8,9)10;/h1-4,8H;1-4,7H,(H,8,9,10);/q;;+1/p-1. The van der Waals surface area contributed by atoms with E-state index in [1.54, 1.807) is 0 Å². The number of hydrogen-bond acceptors (Lipinski definition) is 6. The molecular weight excluding hydrogens is 379 g/mol. The SMILES string of the molecule is O=S(=O)(Cl)c1ccc(O)cc1.O=S(=O)(O)c1ccc([O-])cc1.[Na+]. The summed E-state index contributed by atoms with van der Waals surface area (Å²) in [6.45, 7) is 0. The molecule has 2 rings (SSSR count). The molecule has 0 aliphatic rings. The maximum Gasteiger partial charge on any atom is 1.00 e. The topological polar surface area (TPSA) is 132 Å². The van der Waals surface area contributed by atoms with Crippen LogP contribution in [-0.2, 0) is 19.2 Å². The van der Waals surface area contributed by atoms with Gasteiger partial charge in [-0.3, -0.25) is 4.55 Å². The number of aromatic hydroxyl groups is 1. The van der Waals surface area contributed by atoms with Crippen LogP contribution in [0.2, 0.25) is 0 Å². The van der Waals surface area contributed by atoms with E-state index < -0.39 is 19.2 Å². The van der Waals surface area contributed by atoms with Crippen molar-refractivity contribution in [2.45, 2.75) is 9.79 Å². The van der Waals surface area contributed by atoms with Crippen molar-refractivity contribution in [2.24, 2.45) is 0 Å². The summed E-state index contributed by atoms with van der Waals surface area (Å²) in [5.41, 5.74) is 0. The number of phenolic OH excluding ortho intramolecular Hbond substituents is 1. The average molecular weight is 389 g/mol. The molecule has 7 nitrogen and oxygen atoms in total. The van der Waals surface area contributed by atoms with E-state index in [0.717, 1.165) is 24.3 Å². The number of benzene rings is 2. The van der Waals surface area contributed by atoms with Crippen molar-refractivity contribution in [1.82, 2.24) is 0 Å². The number of rotatable bonds is 2. The molecule has 2 N–H and O–H groups in total. The van der Waals surface area contributed by atoms with Gasteiger partial charge < -0.3 is 10.2 Å². The normalized spacial score (nSPS) is 10.9. The van der Waals surface area contributed by atoms with Crippen molar-refractivity contribution in [2.75, 3.05) is 0 Å². The quantitative estimate of drug-likeness (QED) is 0.357. The molecule has 23 heavy (non-hydrogen) atoms. The molecule has 0 unspecified atom stereocenters. The molecule has 0 heterocycles. The van der Waals surface area contributed by atoms with Gasteiger partial charge in [-0.05, 0) is 36.4 Å². The maximum absolute atomic E-state index is 10.6. The van der Waals surface area contributed by atoms with Gasteiger partial charge in [0.2, 0.25) is 0 Å². The van der Waals surface area contributed by atoms with Gasteiger partial charge in [0.05, 0.1) is 9.79 Å². The Morgan fingerprint density at radius 3 is 1.57 bits per heavy atom. The summed E-state index contributed by atoms with van der Waals surface area (Å²) in [7, 11) is -2.82. The van der Waals surface area contributed by atoms with Gasteiger partial charge in [-0.1, -0.05) is 12.1 Å². The van der Waals surface area contributed by atoms with Crippen LogP contribution in [0.1, 0.15) is 0 Å². The molecule has 2 aromatic rings. The fraction of sp³-hybridized carbons (Fsp3) is 0.